The highest BCUT2D eigenvalue weighted by Crippen LogP contribution is 2.16. The Morgan fingerprint density at radius 1 is 0.603 bits per heavy atom. The summed E-state index contributed by atoms with van der Waals surface area (Å²) in [7, 11) is 0. The Bertz CT molecular complexity index is 2010. The number of phenolic OH excluding ortho intramolecular Hbond substituents is 2. The SMILES string of the molecule is CCC(C)[C@H](NC(=O)[C@H](CS)NC(C)=O)C(=O)N[C@@H](Cc1ccc(O)cc1)C(=O)N[C@@H](CCCCN)C(=O)N[C@@H](Cc1ccc(I)cc1)C(=O)N[C@@H](Cc1ccc(O)cc1)C(=O)O. The molecule has 3 aromatic carbocycles. The molecule has 0 saturated heterocycles. The number of amides is 6. The van der Waals surface area contributed by atoms with Crippen molar-refractivity contribution in [1.82, 2.24) is 31.9 Å². The van der Waals surface area contributed by atoms with Crippen molar-refractivity contribution in [1.29, 1.82) is 0 Å². The van der Waals surface area contributed by atoms with E-state index >= 15 is 0 Å². The van der Waals surface area contributed by atoms with Crippen LogP contribution < -0.4 is 37.6 Å². The fourth-order valence-corrected chi connectivity index (χ4v) is 7.06. The Balaban J connectivity index is 1.95. The Morgan fingerprint density at radius 2 is 1.02 bits per heavy atom. The van der Waals surface area contributed by atoms with E-state index in [1.807, 2.05) is 19.1 Å². The molecule has 0 aliphatic rings. The molecule has 19 heteroatoms. The summed E-state index contributed by atoms with van der Waals surface area (Å²) in [6.45, 7) is 5.08. The van der Waals surface area contributed by atoms with E-state index in [1.165, 1.54) is 43.3 Å². The van der Waals surface area contributed by atoms with Crippen LogP contribution in [0.25, 0.3) is 0 Å². The minimum atomic E-state index is -1.40. The van der Waals surface area contributed by atoms with Gasteiger partial charge in [-0.15, -0.1) is 0 Å². The smallest absolute Gasteiger partial charge is 0.326 e. The highest BCUT2D eigenvalue weighted by Gasteiger charge is 2.35. The molecular weight excluding hydrogens is 945 g/mol. The van der Waals surface area contributed by atoms with Gasteiger partial charge in [-0.25, -0.2) is 4.79 Å². The van der Waals surface area contributed by atoms with Crippen molar-refractivity contribution in [3.8, 4) is 11.5 Å². The number of aliphatic carboxylic acids is 1. The number of carbonyl (C=O) groups excluding carboxylic acids is 6. The maximum absolute atomic E-state index is 14.3. The van der Waals surface area contributed by atoms with Gasteiger partial charge in [0.15, 0.2) is 0 Å². The van der Waals surface area contributed by atoms with Crippen molar-refractivity contribution in [2.24, 2.45) is 11.7 Å². The number of hydrogen-bond donors (Lipinski definition) is 11. The molecule has 0 fully saturated rings. The second kappa shape index (κ2) is 26.3. The predicted octanol–water partition coefficient (Wildman–Crippen LogP) is 1.85. The summed E-state index contributed by atoms with van der Waals surface area (Å²) in [5.74, 6) is -6.02. The molecule has 0 saturated carbocycles. The Morgan fingerprint density at radius 3 is 1.46 bits per heavy atom. The van der Waals surface area contributed by atoms with Crippen LogP contribution in [0, 0.1) is 9.49 Å². The van der Waals surface area contributed by atoms with E-state index in [9.17, 15) is 48.9 Å². The third kappa shape index (κ3) is 17.7. The van der Waals surface area contributed by atoms with Gasteiger partial charge in [0.05, 0.1) is 0 Å². The van der Waals surface area contributed by atoms with Gasteiger partial charge in [-0.1, -0.05) is 56.7 Å². The lowest BCUT2D eigenvalue weighted by atomic mass is 9.96. The minimum absolute atomic E-state index is 0.0151. The van der Waals surface area contributed by atoms with Crippen LogP contribution in [0.4, 0.5) is 0 Å². The molecule has 63 heavy (non-hydrogen) atoms. The van der Waals surface area contributed by atoms with Crippen LogP contribution in [0.2, 0.25) is 0 Å². The van der Waals surface area contributed by atoms with E-state index in [0.717, 1.165) is 3.57 Å². The molecule has 0 bridgehead atoms. The number of benzene rings is 3. The van der Waals surface area contributed by atoms with Crippen molar-refractivity contribution in [2.45, 2.75) is 102 Å². The Kier molecular flexibility index (Phi) is 21.7. The number of nitrogens with one attached hydrogen (secondary N) is 6. The summed E-state index contributed by atoms with van der Waals surface area (Å²) in [6.07, 6.45) is 1.13. The van der Waals surface area contributed by atoms with Gasteiger partial charge in [0, 0.05) is 35.5 Å². The van der Waals surface area contributed by atoms with E-state index in [0.29, 0.717) is 36.0 Å². The van der Waals surface area contributed by atoms with Gasteiger partial charge in [-0.2, -0.15) is 12.6 Å². The van der Waals surface area contributed by atoms with Gasteiger partial charge < -0.3 is 53.0 Å². The van der Waals surface area contributed by atoms with Crippen LogP contribution >= 0.6 is 35.2 Å². The number of thiol groups is 1. The molecule has 17 nitrogen and oxygen atoms in total. The van der Waals surface area contributed by atoms with Crippen molar-refractivity contribution >= 4 is 76.6 Å². The first-order valence-corrected chi connectivity index (χ1v) is 22.3. The van der Waals surface area contributed by atoms with Gasteiger partial charge >= 0.3 is 5.97 Å². The highest BCUT2D eigenvalue weighted by molar-refractivity contribution is 14.1. The molecule has 0 heterocycles. The number of carboxylic acid groups (broad SMARTS) is 1. The van der Waals surface area contributed by atoms with Gasteiger partial charge in [-0.3, -0.25) is 28.8 Å². The number of carbonyl (C=O) groups is 7. The van der Waals surface area contributed by atoms with Crippen molar-refractivity contribution in [3.05, 3.63) is 93.1 Å². The fourth-order valence-electron chi connectivity index (χ4n) is 6.45. The molecule has 342 valence electrons. The summed E-state index contributed by atoms with van der Waals surface area (Å²) >= 11 is 6.29. The van der Waals surface area contributed by atoms with E-state index in [1.54, 1.807) is 31.2 Å². The summed E-state index contributed by atoms with van der Waals surface area (Å²) in [5, 5.41) is 45.6. The predicted molar refractivity (Wildman–Crippen MR) is 248 cm³/mol. The lowest BCUT2D eigenvalue weighted by Crippen LogP contribution is -2.61. The zero-order valence-electron chi connectivity index (χ0n) is 35.4. The van der Waals surface area contributed by atoms with Crippen LogP contribution in [0.15, 0.2) is 72.8 Å². The zero-order chi connectivity index (χ0) is 46.6. The number of rotatable bonds is 25. The number of hydrogen-bond acceptors (Lipinski definition) is 11. The van der Waals surface area contributed by atoms with Gasteiger partial charge in [-0.05, 0) is 107 Å². The molecule has 11 N–H and O–H groups in total. The average molecular weight is 1000 g/mol. The Hall–Kier alpha value is -5.41. The van der Waals surface area contributed by atoms with E-state index < -0.39 is 83.6 Å². The first-order valence-electron chi connectivity index (χ1n) is 20.6. The van der Waals surface area contributed by atoms with Crippen molar-refractivity contribution in [2.75, 3.05) is 12.3 Å². The largest absolute Gasteiger partial charge is 0.508 e. The molecule has 0 radical (unpaired) electrons. The molecule has 7 atom stereocenters. The topological polar surface area (TPSA) is 278 Å². The number of carboxylic acids is 1. The summed E-state index contributed by atoms with van der Waals surface area (Å²) in [6, 6.07) is 11.5. The second-order valence-corrected chi connectivity index (χ2v) is 16.9. The lowest BCUT2D eigenvalue weighted by Gasteiger charge is -2.29. The first kappa shape index (κ1) is 51.9. The monoisotopic (exact) mass is 1000 g/mol. The normalized spacial score (nSPS) is 14.3. The van der Waals surface area contributed by atoms with Gasteiger partial charge in [0.2, 0.25) is 35.4 Å². The van der Waals surface area contributed by atoms with Crippen LogP contribution in [0.5, 0.6) is 11.5 Å². The van der Waals surface area contributed by atoms with E-state index in [2.05, 4.69) is 67.1 Å². The van der Waals surface area contributed by atoms with E-state index in [4.69, 9.17) is 5.73 Å². The van der Waals surface area contributed by atoms with Gasteiger partial charge in [0.1, 0.15) is 47.8 Å². The Labute approximate surface area is 386 Å². The maximum atomic E-state index is 14.3. The number of halogens is 1. The van der Waals surface area contributed by atoms with Crippen molar-refractivity contribution in [3.63, 3.8) is 0 Å². The summed E-state index contributed by atoms with van der Waals surface area (Å²) in [4.78, 5) is 93.9. The molecule has 6 amide bonds. The number of aromatic hydroxyl groups is 2. The second-order valence-electron chi connectivity index (χ2n) is 15.2. The molecule has 1 unspecified atom stereocenters. The quantitative estimate of drug-likeness (QED) is 0.0331. The molecule has 3 aromatic rings. The maximum Gasteiger partial charge on any atom is 0.326 e. The molecule has 0 spiro atoms. The minimum Gasteiger partial charge on any atom is -0.508 e. The molecule has 0 aromatic heterocycles. The summed E-state index contributed by atoms with van der Waals surface area (Å²) < 4.78 is 0.919. The third-order valence-corrected chi connectivity index (χ3v) is 11.3. The highest BCUT2D eigenvalue weighted by atomic mass is 127. The van der Waals surface area contributed by atoms with Crippen LogP contribution in [-0.2, 0) is 52.8 Å². The van der Waals surface area contributed by atoms with Crippen LogP contribution in [0.1, 0.15) is 63.1 Å². The summed E-state index contributed by atoms with van der Waals surface area (Å²) in [5.41, 5.74) is 7.49. The lowest BCUT2D eigenvalue weighted by molar-refractivity contribution is -0.142. The number of nitrogens with two attached hydrogens (primary N) is 1. The fraction of sp³-hybridized carbons (Fsp3) is 0.432. The van der Waals surface area contributed by atoms with E-state index in [-0.39, 0.29) is 49.5 Å². The third-order valence-electron chi connectivity index (χ3n) is 10.2. The molecule has 0 aliphatic carbocycles. The molecule has 3 rings (SSSR count). The average Bonchev–Trinajstić information content (AvgIpc) is 3.25. The molecule has 0 aliphatic heterocycles. The number of phenols is 2. The van der Waals surface area contributed by atoms with Crippen LogP contribution in [-0.4, -0.2) is 105 Å². The number of unbranched alkanes of at least 4 members (excludes halogenated alkanes) is 1. The zero-order valence-corrected chi connectivity index (χ0v) is 38.5. The van der Waals surface area contributed by atoms with Gasteiger partial charge in [0.25, 0.3) is 0 Å². The van der Waals surface area contributed by atoms with Crippen molar-refractivity contribution < 1.29 is 48.9 Å². The molecular formula is C44H58IN7O10S. The first-order chi connectivity index (χ1) is 29.9. The van der Waals surface area contributed by atoms with Crippen LogP contribution in [0.3, 0.4) is 0 Å². The standard InChI is InChI=1S/C44H58IN7O10S/c1-4-25(2)38(52-42(59)37(24-63)47-26(3)53)43(60)50-35(22-28-10-16-31(54)17-11-28)40(57)48-33(7-5-6-20-46)39(56)49-34(21-27-8-14-30(45)15-9-27)41(58)51-36(44(61)62)23-29-12-18-32(55)19-13-29/h8-19,25,33-38,54-55,63H,4-7,20-24,46H2,1-3H3,(H,47,53)(H,48,57)(H,49,56)(H,50,60)(H,51,58)(H,52,59)(H,61,62)/t25?,33-,34-,35-,36-,37-,38-/m0/s1.